The number of nitrogens with zero attached hydrogens (tertiary/aromatic N) is 2. The Morgan fingerprint density at radius 3 is 2.80 bits per heavy atom. The molecule has 8 heteroatoms. The van der Waals surface area contributed by atoms with Crippen LogP contribution in [0.5, 0.6) is 0 Å². The molecule has 1 aliphatic heterocycles. The number of rotatable bonds is 2. The van der Waals surface area contributed by atoms with Crippen molar-refractivity contribution in [2.45, 2.75) is 17.9 Å². The van der Waals surface area contributed by atoms with Gasteiger partial charge in [0.1, 0.15) is 11.9 Å². The summed E-state index contributed by atoms with van der Waals surface area (Å²) in [6, 6.07) is 4.77. The van der Waals surface area contributed by atoms with Gasteiger partial charge >= 0.3 is 0 Å². The lowest BCUT2D eigenvalue weighted by molar-refractivity contribution is 0.284. The first kappa shape index (κ1) is 16.9. The van der Waals surface area contributed by atoms with Crippen LogP contribution in [-0.2, 0) is 10.0 Å². The molecule has 1 saturated heterocycles. The van der Waals surface area contributed by atoms with E-state index in [2.05, 4.69) is 5.32 Å². The van der Waals surface area contributed by atoms with E-state index < -0.39 is 15.8 Å². The maximum absolute atomic E-state index is 13.2. The second-order valence-corrected chi connectivity index (χ2v) is 6.31. The molecule has 0 radical (unpaired) electrons. The van der Waals surface area contributed by atoms with E-state index in [9.17, 15) is 12.8 Å². The Bertz CT molecular complexity index is 630. The van der Waals surface area contributed by atoms with Crippen molar-refractivity contribution in [1.82, 2.24) is 9.62 Å². The van der Waals surface area contributed by atoms with Crippen molar-refractivity contribution in [3.63, 3.8) is 0 Å². The minimum atomic E-state index is -3.69. The van der Waals surface area contributed by atoms with Gasteiger partial charge in [-0.3, -0.25) is 0 Å². The van der Waals surface area contributed by atoms with Gasteiger partial charge in [0.05, 0.1) is 10.5 Å². The van der Waals surface area contributed by atoms with E-state index in [0.29, 0.717) is 19.6 Å². The monoisotopic (exact) mass is 319 g/mol. The Balaban J connectivity index is 0.00000200. The molecule has 0 aliphatic carbocycles. The van der Waals surface area contributed by atoms with E-state index in [1.807, 2.05) is 0 Å². The highest BCUT2D eigenvalue weighted by molar-refractivity contribution is 7.89. The van der Waals surface area contributed by atoms with Crippen molar-refractivity contribution in [3.8, 4) is 6.07 Å². The van der Waals surface area contributed by atoms with Gasteiger partial charge in [0, 0.05) is 25.7 Å². The average Bonchev–Trinajstić information content (AvgIpc) is 2.39. The highest BCUT2D eigenvalue weighted by Crippen LogP contribution is 2.21. The van der Waals surface area contributed by atoms with Crippen LogP contribution in [0.2, 0.25) is 0 Å². The number of nitrogens with one attached hydrogen (secondary N) is 1. The van der Waals surface area contributed by atoms with Gasteiger partial charge in [0.25, 0.3) is 0 Å². The first-order chi connectivity index (χ1) is 8.96. The molecule has 0 unspecified atom stereocenters. The zero-order valence-electron chi connectivity index (χ0n) is 10.8. The summed E-state index contributed by atoms with van der Waals surface area (Å²) in [6.07, 6.45) is 0. The Morgan fingerprint density at radius 1 is 1.50 bits per heavy atom. The van der Waals surface area contributed by atoms with Gasteiger partial charge < -0.3 is 5.32 Å². The van der Waals surface area contributed by atoms with Crippen LogP contribution in [0, 0.1) is 17.1 Å². The lowest BCUT2D eigenvalue weighted by Crippen LogP contribution is -2.52. The van der Waals surface area contributed by atoms with E-state index in [-0.39, 0.29) is 28.9 Å². The zero-order valence-corrected chi connectivity index (χ0v) is 12.5. The Kier molecular flexibility index (Phi) is 5.48. The Morgan fingerprint density at radius 2 is 2.20 bits per heavy atom. The highest BCUT2D eigenvalue weighted by Gasteiger charge is 2.31. The van der Waals surface area contributed by atoms with Crippen LogP contribution in [0.3, 0.4) is 0 Å². The molecular formula is C12H15ClFN3O2S. The van der Waals surface area contributed by atoms with E-state index in [4.69, 9.17) is 5.26 Å². The van der Waals surface area contributed by atoms with Crippen molar-refractivity contribution < 1.29 is 12.8 Å². The third kappa shape index (κ3) is 3.10. The fourth-order valence-electron chi connectivity index (χ4n) is 2.07. The highest BCUT2D eigenvalue weighted by atomic mass is 35.5. The number of sulfonamides is 1. The quantitative estimate of drug-likeness (QED) is 0.886. The lowest BCUT2D eigenvalue weighted by Gasteiger charge is -2.32. The third-order valence-electron chi connectivity index (χ3n) is 3.11. The summed E-state index contributed by atoms with van der Waals surface area (Å²) < 4.78 is 39.5. The summed E-state index contributed by atoms with van der Waals surface area (Å²) in [4.78, 5) is -0.0424. The Labute approximate surface area is 123 Å². The largest absolute Gasteiger partial charge is 0.314 e. The number of hydrogen-bond donors (Lipinski definition) is 1. The topological polar surface area (TPSA) is 73.2 Å². The second-order valence-electron chi connectivity index (χ2n) is 4.42. The van der Waals surface area contributed by atoms with Crippen LogP contribution in [0.25, 0.3) is 0 Å². The molecule has 5 nitrogen and oxygen atoms in total. The maximum Gasteiger partial charge on any atom is 0.243 e. The first-order valence-corrected chi connectivity index (χ1v) is 7.33. The van der Waals surface area contributed by atoms with Crippen LogP contribution in [0.15, 0.2) is 23.1 Å². The van der Waals surface area contributed by atoms with E-state index in [1.54, 1.807) is 13.0 Å². The molecule has 0 bridgehead atoms. The van der Waals surface area contributed by atoms with E-state index >= 15 is 0 Å². The van der Waals surface area contributed by atoms with Gasteiger partial charge in [0.2, 0.25) is 10.0 Å². The van der Waals surface area contributed by atoms with E-state index in [0.717, 1.165) is 12.1 Å². The number of hydrogen-bond acceptors (Lipinski definition) is 4. The molecule has 1 heterocycles. The summed E-state index contributed by atoms with van der Waals surface area (Å²) in [5.74, 6) is -0.713. The Hall–Kier alpha value is -1.20. The standard InChI is InChI=1S/C12H14FN3O2S.ClH/c1-9-8-15-4-5-16(9)19(17,18)11-2-3-12(13)10(6-11)7-14;/h2-3,6,9,15H,4-5,8H2,1H3;1H/t9-;/m0./s1. The van der Waals surface area contributed by atoms with Crippen molar-refractivity contribution >= 4 is 22.4 Å². The predicted molar refractivity (Wildman–Crippen MR) is 74.6 cm³/mol. The number of benzene rings is 1. The SMILES string of the molecule is C[C@H]1CNCCN1S(=O)(=O)c1ccc(F)c(C#N)c1.Cl. The molecule has 0 amide bonds. The van der Waals surface area contributed by atoms with Gasteiger partial charge in [-0.2, -0.15) is 9.57 Å². The number of nitriles is 1. The fourth-order valence-corrected chi connectivity index (χ4v) is 3.72. The number of piperazine rings is 1. The molecule has 0 saturated carbocycles. The zero-order chi connectivity index (χ0) is 14.0. The molecule has 1 fully saturated rings. The van der Waals surface area contributed by atoms with Gasteiger partial charge in [-0.25, -0.2) is 12.8 Å². The summed E-state index contributed by atoms with van der Waals surface area (Å²) in [5.41, 5.74) is -0.260. The molecule has 1 aromatic carbocycles. The van der Waals surface area contributed by atoms with Crippen molar-refractivity contribution in [2.75, 3.05) is 19.6 Å². The van der Waals surface area contributed by atoms with Crippen molar-refractivity contribution in [2.24, 2.45) is 0 Å². The van der Waals surface area contributed by atoms with Gasteiger partial charge in [0.15, 0.2) is 0 Å². The molecule has 20 heavy (non-hydrogen) atoms. The van der Waals surface area contributed by atoms with Crippen molar-refractivity contribution in [3.05, 3.63) is 29.6 Å². The van der Waals surface area contributed by atoms with Gasteiger partial charge in [-0.05, 0) is 25.1 Å². The maximum atomic E-state index is 13.2. The number of halogens is 2. The molecule has 1 aromatic rings. The third-order valence-corrected chi connectivity index (χ3v) is 5.11. The van der Waals surface area contributed by atoms with E-state index in [1.165, 1.54) is 10.4 Å². The molecule has 1 aliphatic rings. The average molecular weight is 320 g/mol. The molecular weight excluding hydrogens is 305 g/mol. The van der Waals surface area contributed by atoms with Crippen LogP contribution in [0.1, 0.15) is 12.5 Å². The minimum absolute atomic E-state index is 0. The summed E-state index contributed by atoms with van der Waals surface area (Å²) >= 11 is 0. The molecule has 0 spiro atoms. The van der Waals surface area contributed by atoms with Gasteiger partial charge in [-0.15, -0.1) is 12.4 Å². The summed E-state index contributed by atoms with van der Waals surface area (Å²) in [5, 5.41) is 11.9. The first-order valence-electron chi connectivity index (χ1n) is 5.89. The van der Waals surface area contributed by atoms with Crippen molar-refractivity contribution in [1.29, 1.82) is 5.26 Å². The normalized spacial score (nSPS) is 19.9. The summed E-state index contributed by atoms with van der Waals surface area (Å²) in [6.45, 7) is 3.32. The lowest BCUT2D eigenvalue weighted by atomic mass is 10.2. The smallest absolute Gasteiger partial charge is 0.243 e. The van der Waals surface area contributed by atoms with Crippen LogP contribution < -0.4 is 5.32 Å². The summed E-state index contributed by atoms with van der Waals surface area (Å²) in [7, 11) is -3.69. The minimum Gasteiger partial charge on any atom is -0.314 e. The van der Waals surface area contributed by atoms with Crippen LogP contribution in [-0.4, -0.2) is 38.4 Å². The second kappa shape index (κ2) is 6.50. The fraction of sp³-hybridized carbons (Fsp3) is 0.417. The molecule has 0 aromatic heterocycles. The van der Waals surface area contributed by atoms with Crippen LogP contribution >= 0.6 is 12.4 Å². The molecule has 1 atom stereocenters. The van der Waals surface area contributed by atoms with Crippen LogP contribution in [0.4, 0.5) is 4.39 Å². The predicted octanol–water partition coefficient (Wildman–Crippen LogP) is 1.10. The molecule has 2 rings (SSSR count). The molecule has 110 valence electrons. The van der Waals surface area contributed by atoms with Gasteiger partial charge in [-0.1, -0.05) is 0 Å². The molecule has 1 N–H and O–H groups in total.